The van der Waals surface area contributed by atoms with E-state index in [1.807, 2.05) is 12.1 Å². The molecule has 3 nitrogen and oxygen atoms in total. The molecule has 0 spiro atoms. The SMILES string of the molecule is CN(Cc1ccccc1Br)c1ncnc2ccsc12. The second kappa shape index (κ2) is 5.27. The van der Waals surface area contributed by atoms with E-state index in [-0.39, 0.29) is 0 Å². The maximum atomic E-state index is 4.41. The van der Waals surface area contributed by atoms with Crippen LogP contribution in [0.15, 0.2) is 46.5 Å². The van der Waals surface area contributed by atoms with Gasteiger partial charge in [0.15, 0.2) is 0 Å². The van der Waals surface area contributed by atoms with Gasteiger partial charge in [-0.15, -0.1) is 11.3 Å². The number of hydrogen-bond donors (Lipinski definition) is 0. The van der Waals surface area contributed by atoms with Crippen molar-refractivity contribution in [1.29, 1.82) is 0 Å². The van der Waals surface area contributed by atoms with Crippen LogP contribution >= 0.6 is 27.3 Å². The van der Waals surface area contributed by atoms with Crippen LogP contribution < -0.4 is 4.90 Å². The molecule has 2 heterocycles. The molecule has 0 unspecified atom stereocenters. The predicted octanol–water partition coefficient (Wildman–Crippen LogP) is 4.09. The quantitative estimate of drug-likeness (QED) is 0.722. The largest absolute Gasteiger partial charge is 0.354 e. The molecule has 96 valence electrons. The zero-order valence-corrected chi connectivity index (χ0v) is 12.8. The number of anilines is 1. The number of benzene rings is 1. The molecule has 0 fully saturated rings. The fraction of sp³-hybridized carbons (Fsp3) is 0.143. The Kier molecular flexibility index (Phi) is 3.48. The Bertz CT molecular complexity index is 710. The van der Waals surface area contributed by atoms with Crippen molar-refractivity contribution in [3.05, 3.63) is 52.1 Å². The maximum Gasteiger partial charge on any atom is 0.150 e. The second-order valence-electron chi connectivity index (χ2n) is 4.28. The number of nitrogens with zero attached hydrogens (tertiary/aromatic N) is 3. The second-order valence-corrected chi connectivity index (χ2v) is 6.05. The highest BCUT2D eigenvalue weighted by atomic mass is 79.9. The van der Waals surface area contributed by atoms with Crippen LogP contribution in [-0.2, 0) is 6.54 Å². The summed E-state index contributed by atoms with van der Waals surface area (Å²) in [6.45, 7) is 0.811. The first-order valence-corrected chi connectivity index (χ1v) is 7.56. The summed E-state index contributed by atoms with van der Waals surface area (Å²) < 4.78 is 2.26. The van der Waals surface area contributed by atoms with E-state index in [1.165, 1.54) is 5.56 Å². The minimum absolute atomic E-state index is 0.811. The van der Waals surface area contributed by atoms with Crippen molar-refractivity contribution < 1.29 is 0 Å². The molecule has 0 atom stereocenters. The molecule has 19 heavy (non-hydrogen) atoms. The fourth-order valence-electron chi connectivity index (χ4n) is 2.00. The van der Waals surface area contributed by atoms with Crippen molar-refractivity contribution in [3.8, 4) is 0 Å². The van der Waals surface area contributed by atoms with E-state index in [1.54, 1.807) is 17.7 Å². The zero-order valence-electron chi connectivity index (χ0n) is 10.4. The van der Waals surface area contributed by atoms with Crippen LogP contribution in [0.1, 0.15) is 5.56 Å². The van der Waals surface area contributed by atoms with Crippen LogP contribution in [0.25, 0.3) is 10.2 Å². The predicted molar refractivity (Wildman–Crippen MR) is 83.7 cm³/mol. The Hall–Kier alpha value is -1.46. The Morgan fingerprint density at radius 3 is 2.89 bits per heavy atom. The number of fused-ring (bicyclic) bond motifs is 1. The topological polar surface area (TPSA) is 29.0 Å². The van der Waals surface area contributed by atoms with E-state index in [2.05, 4.69) is 61.4 Å². The molecule has 0 saturated carbocycles. The number of thiophene rings is 1. The van der Waals surface area contributed by atoms with Crippen molar-refractivity contribution in [2.75, 3.05) is 11.9 Å². The number of halogens is 1. The maximum absolute atomic E-state index is 4.41. The molecule has 3 rings (SSSR count). The smallest absolute Gasteiger partial charge is 0.150 e. The first-order chi connectivity index (χ1) is 9.25. The summed E-state index contributed by atoms with van der Waals surface area (Å²) in [5.41, 5.74) is 2.25. The highest BCUT2D eigenvalue weighted by molar-refractivity contribution is 9.10. The summed E-state index contributed by atoms with van der Waals surface area (Å²) in [6.07, 6.45) is 1.63. The highest BCUT2D eigenvalue weighted by Crippen LogP contribution is 2.28. The number of hydrogen-bond acceptors (Lipinski definition) is 4. The monoisotopic (exact) mass is 333 g/mol. The molecule has 0 bridgehead atoms. The van der Waals surface area contributed by atoms with Crippen molar-refractivity contribution >= 4 is 43.3 Å². The lowest BCUT2D eigenvalue weighted by molar-refractivity contribution is 0.898. The molecule has 1 aromatic carbocycles. The molecule has 0 radical (unpaired) electrons. The molecule has 3 aromatic rings. The summed E-state index contributed by atoms with van der Waals surface area (Å²) in [5, 5.41) is 2.05. The average Bonchev–Trinajstić information content (AvgIpc) is 2.89. The van der Waals surface area contributed by atoms with E-state index in [0.717, 1.165) is 27.1 Å². The van der Waals surface area contributed by atoms with Gasteiger partial charge in [0.05, 0.1) is 10.2 Å². The molecule has 0 aliphatic carbocycles. The molecule has 5 heteroatoms. The van der Waals surface area contributed by atoms with E-state index >= 15 is 0 Å². The summed E-state index contributed by atoms with van der Waals surface area (Å²) in [7, 11) is 2.06. The Labute approximate surface area is 124 Å². The lowest BCUT2D eigenvalue weighted by Gasteiger charge is -2.19. The van der Waals surface area contributed by atoms with Crippen molar-refractivity contribution in [2.24, 2.45) is 0 Å². The van der Waals surface area contributed by atoms with Crippen LogP contribution in [0.2, 0.25) is 0 Å². The summed E-state index contributed by atoms with van der Waals surface area (Å²) in [5.74, 6) is 0.982. The standard InChI is InChI=1S/C14H12BrN3S/c1-18(8-10-4-2-3-5-11(10)15)14-13-12(6-7-19-13)16-9-17-14/h2-7,9H,8H2,1H3. The Morgan fingerprint density at radius 1 is 1.21 bits per heavy atom. The van der Waals surface area contributed by atoms with Crippen LogP contribution in [0, 0.1) is 0 Å². The van der Waals surface area contributed by atoms with Gasteiger partial charge in [-0.2, -0.15) is 0 Å². The van der Waals surface area contributed by atoms with Gasteiger partial charge in [-0.05, 0) is 23.1 Å². The van der Waals surface area contributed by atoms with Gasteiger partial charge in [0.25, 0.3) is 0 Å². The zero-order chi connectivity index (χ0) is 13.2. The molecular weight excluding hydrogens is 322 g/mol. The third-order valence-corrected chi connectivity index (χ3v) is 4.62. The van der Waals surface area contributed by atoms with E-state index in [9.17, 15) is 0 Å². The molecule has 0 N–H and O–H groups in total. The van der Waals surface area contributed by atoms with Gasteiger partial charge >= 0.3 is 0 Å². The van der Waals surface area contributed by atoms with Crippen LogP contribution in [0.5, 0.6) is 0 Å². The normalized spacial score (nSPS) is 10.8. The summed E-state index contributed by atoms with van der Waals surface area (Å²) in [4.78, 5) is 10.8. The summed E-state index contributed by atoms with van der Waals surface area (Å²) >= 11 is 5.26. The Balaban J connectivity index is 1.94. The average molecular weight is 334 g/mol. The first kappa shape index (κ1) is 12.6. The Morgan fingerprint density at radius 2 is 2.05 bits per heavy atom. The molecule has 0 amide bonds. The lowest BCUT2D eigenvalue weighted by atomic mass is 10.2. The van der Waals surface area contributed by atoms with Crippen LogP contribution in [0.3, 0.4) is 0 Å². The van der Waals surface area contributed by atoms with E-state index < -0.39 is 0 Å². The van der Waals surface area contributed by atoms with E-state index in [0.29, 0.717) is 0 Å². The first-order valence-electron chi connectivity index (χ1n) is 5.88. The third kappa shape index (κ3) is 2.48. The van der Waals surface area contributed by atoms with Crippen molar-refractivity contribution in [3.63, 3.8) is 0 Å². The molecule has 2 aromatic heterocycles. The van der Waals surface area contributed by atoms with Gasteiger partial charge in [0, 0.05) is 18.1 Å². The van der Waals surface area contributed by atoms with Crippen LogP contribution in [0.4, 0.5) is 5.82 Å². The lowest BCUT2D eigenvalue weighted by Crippen LogP contribution is -2.18. The van der Waals surface area contributed by atoms with Gasteiger partial charge in [-0.25, -0.2) is 9.97 Å². The molecule has 0 aliphatic rings. The molecule has 0 saturated heterocycles. The highest BCUT2D eigenvalue weighted by Gasteiger charge is 2.11. The van der Waals surface area contributed by atoms with Gasteiger partial charge in [0.1, 0.15) is 12.1 Å². The van der Waals surface area contributed by atoms with Crippen molar-refractivity contribution in [2.45, 2.75) is 6.54 Å². The minimum Gasteiger partial charge on any atom is -0.354 e. The number of rotatable bonds is 3. The molecular formula is C14H12BrN3S. The third-order valence-electron chi connectivity index (χ3n) is 2.95. The molecule has 0 aliphatic heterocycles. The van der Waals surface area contributed by atoms with Gasteiger partial charge in [0.2, 0.25) is 0 Å². The number of aromatic nitrogens is 2. The van der Waals surface area contributed by atoms with Crippen molar-refractivity contribution in [1.82, 2.24) is 9.97 Å². The minimum atomic E-state index is 0.811. The summed E-state index contributed by atoms with van der Waals surface area (Å²) in [6, 6.07) is 10.3. The van der Waals surface area contributed by atoms with Gasteiger partial charge in [-0.1, -0.05) is 34.1 Å². The van der Waals surface area contributed by atoms with Gasteiger partial charge < -0.3 is 4.90 Å². The fourth-order valence-corrected chi connectivity index (χ4v) is 3.30. The van der Waals surface area contributed by atoms with Crippen LogP contribution in [-0.4, -0.2) is 17.0 Å². The van der Waals surface area contributed by atoms with Gasteiger partial charge in [-0.3, -0.25) is 0 Å². The van der Waals surface area contributed by atoms with E-state index in [4.69, 9.17) is 0 Å².